The van der Waals surface area contributed by atoms with Crippen molar-refractivity contribution >= 4 is 23.0 Å². The maximum absolute atomic E-state index is 12.2. The minimum absolute atomic E-state index is 0.0217. The van der Waals surface area contributed by atoms with Gasteiger partial charge >= 0.3 is 0 Å². The van der Waals surface area contributed by atoms with E-state index in [1.54, 1.807) is 23.6 Å². The minimum atomic E-state index is -0.190. The zero-order chi connectivity index (χ0) is 14.7. The number of aromatic nitrogens is 1. The molecule has 106 valence electrons. The van der Waals surface area contributed by atoms with Crippen molar-refractivity contribution < 1.29 is 9.59 Å². The predicted molar refractivity (Wildman–Crippen MR) is 80.2 cm³/mol. The first kappa shape index (κ1) is 14.5. The smallest absolute Gasteiger partial charge is 0.268 e. The molecular weight excluding hydrogens is 272 g/mol. The van der Waals surface area contributed by atoms with Gasteiger partial charge in [-0.25, -0.2) is 0 Å². The molecule has 0 aromatic carbocycles. The van der Waals surface area contributed by atoms with E-state index in [4.69, 9.17) is 0 Å². The van der Waals surface area contributed by atoms with Gasteiger partial charge in [-0.1, -0.05) is 19.9 Å². The Morgan fingerprint density at radius 2 is 2.10 bits per heavy atom. The van der Waals surface area contributed by atoms with Crippen LogP contribution in [0.4, 0.5) is 0 Å². The van der Waals surface area contributed by atoms with Crippen molar-refractivity contribution in [3.8, 4) is 0 Å². The molecule has 0 unspecified atom stereocenters. The summed E-state index contributed by atoms with van der Waals surface area (Å²) >= 11 is 1.63. The molecule has 2 aromatic rings. The number of carbonyl (C=O) groups is 2. The Balaban J connectivity index is 2.14. The second-order valence-electron chi connectivity index (χ2n) is 5.07. The van der Waals surface area contributed by atoms with Crippen molar-refractivity contribution in [1.29, 1.82) is 0 Å². The van der Waals surface area contributed by atoms with Crippen LogP contribution in [0.5, 0.6) is 0 Å². The third-order valence-electron chi connectivity index (χ3n) is 3.14. The lowest BCUT2D eigenvalue weighted by Gasteiger charge is -2.20. The molecule has 0 aliphatic heterocycles. The number of thiophene rings is 1. The van der Waals surface area contributed by atoms with Crippen LogP contribution < -0.4 is 5.32 Å². The largest absolute Gasteiger partial charge is 0.356 e. The van der Waals surface area contributed by atoms with Crippen LogP contribution in [0.15, 0.2) is 29.8 Å². The average molecular weight is 290 g/mol. The van der Waals surface area contributed by atoms with E-state index in [1.165, 1.54) is 6.92 Å². The SMILES string of the molecule is CC(=O)c1c[nH]c(C(=O)N[C@H](c2cccs2)C(C)C)c1. The zero-order valence-corrected chi connectivity index (χ0v) is 12.6. The molecule has 1 atom stereocenters. The summed E-state index contributed by atoms with van der Waals surface area (Å²) in [5.41, 5.74) is 0.935. The van der Waals surface area contributed by atoms with Crippen LogP contribution in [0.3, 0.4) is 0 Å². The number of carbonyl (C=O) groups excluding carboxylic acids is 2. The summed E-state index contributed by atoms with van der Waals surface area (Å²) in [5, 5.41) is 5.02. The van der Waals surface area contributed by atoms with E-state index in [2.05, 4.69) is 24.1 Å². The number of ketones is 1. The van der Waals surface area contributed by atoms with Crippen molar-refractivity contribution in [1.82, 2.24) is 10.3 Å². The van der Waals surface area contributed by atoms with Crippen LogP contribution >= 0.6 is 11.3 Å². The second-order valence-corrected chi connectivity index (χ2v) is 6.05. The molecule has 0 radical (unpaired) electrons. The summed E-state index contributed by atoms with van der Waals surface area (Å²) in [7, 11) is 0. The van der Waals surface area contributed by atoms with Crippen molar-refractivity contribution in [2.75, 3.05) is 0 Å². The topological polar surface area (TPSA) is 62.0 Å². The van der Waals surface area contributed by atoms with E-state index in [-0.39, 0.29) is 17.7 Å². The van der Waals surface area contributed by atoms with Gasteiger partial charge in [-0.3, -0.25) is 9.59 Å². The number of hydrogen-bond acceptors (Lipinski definition) is 3. The van der Waals surface area contributed by atoms with Crippen LogP contribution in [-0.2, 0) is 0 Å². The van der Waals surface area contributed by atoms with E-state index in [1.807, 2.05) is 17.5 Å². The summed E-state index contributed by atoms with van der Waals surface area (Å²) in [6.07, 6.45) is 1.56. The molecule has 5 heteroatoms. The summed E-state index contributed by atoms with van der Waals surface area (Å²) in [5.74, 6) is 0.0448. The van der Waals surface area contributed by atoms with Crippen LogP contribution in [0.2, 0.25) is 0 Å². The average Bonchev–Trinajstić information content (AvgIpc) is 3.05. The molecule has 2 rings (SSSR count). The number of rotatable bonds is 5. The maximum Gasteiger partial charge on any atom is 0.268 e. The van der Waals surface area contributed by atoms with Crippen LogP contribution in [0, 0.1) is 5.92 Å². The molecular formula is C15H18N2O2S. The Morgan fingerprint density at radius 1 is 1.35 bits per heavy atom. The molecule has 1 amide bonds. The second kappa shape index (κ2) is 6.05. The van der Waals surface area contributed by atoms with Gasteiger partial charge in [-0.05, 0) is 30.4 Å². The van der Waals surface area contributed by atoms with Gasteiger partial charge in [-0.15, -0.1) is 11.3 Å². The molecule has 0 saturated carbocycles. The highest BCUT2D eigenvalue weighted by atomic mass is 32.1. The van der Waals surface area contributed by atoms with E-state index >= 15 is 0 Å². The Bertz CT molecular complexity index is 599. The fraction of sp³-hybridized carbons (Fsp3) is 0.333. The normalized spacial score (nSPS) is 12.4. The van der Waals surface area contributed by atoms with Crippen molar-refractivity contribution in [3.05, 3.63) is 45.9 Å². The molecule has 0 fully saturated rings. The number of H-pyrrole nitrogens is 1. The lowest BCUT2D eigenvalue weighted by Crippen LogP contribution is -2.31. The summed E-state index contributed by atoms with van der Waals surface area (Å²) in [6, 6.07) is 5.56. The summed E-state index contributed by atoms with van der Waals surface area (Å²) in [6.45, 7) is 5.62. The molecule has 0 saturated heterocycles. The van der Waals surface area contributed by atoms with Gasteiger partial charge in [0.15, 0.2) is 5.78 Å². The molecule has 0 spiro atoms. The standard InChI is InChI=1S/C15H18N2O2S/c1-9(2)14(13-5-4-6-20-13)17-15(19)12-7-11(8-16-12)10(3)18/h4-9,14,16H,1-3H3,(H,17,19)/t14-/m0/s1. The first-order valence-electron chi connectivity index (χ1n) is 6.52. The first-order chi connectivity index (χ1) is 9.49. The van der Waals surface area contributed by atoms with Gasteiger partial charge in [0, 0.05) is 16.6 Å². The highest BCUT2D eigenvalue weighted by Crippen LogP contribution is 2.26. The fourth-order valence-corrected chi connectivity index (χ4v) is 2.93. The summed E-state index contributed by atoms with van der Waals surface area (Å²) in [4.78, 5) is 27.5. The Labute approximate surface area is 122 Å². The lowest BCUT2D eigenvalue weighted by atomic mass is 10.0. The van der Waals surface area contributed by atoms with Crippen LogP contribution in [0.25, 0.3) is 0 Å². The molecule has 20 heavy (non-hydrogen) atoms. The summed E-state index contributed by atoms with van der Waals surface area (Å²) < 4.78 is 0. The van der Waals surface area contributed by atoms with Gasteiger partial charge in [0.2, 0.25) is 0 Å². The molecule has 4 nitrogen and oxygen atoms in total. The highest BCUT2D eigenvalue weighted by molar-refractivity contribution is 7.10. The van der Waals surface area contributed by atoms with E-state index in [0.29, 0.717) is 17.2 Å². The minimum Gasteiger partial charge on any atom is -0.356 e. The van der Waals surface area contributed by atoms with Gasteiger partial charge in [-0.2, -0.15) is 0 Å². The van der Waals surface area contributed by atoms with E-state index in [9.17, 15) is 9.59 Å². The van der Waals surface area contributed by atoms with E-state index in [0.717, 1.165) is 4.88 Å². The first-order valence-corrected chi connectivity index (χ1v) is 7.40. The van der Waals surface area contributed by atoms with Crippen LogP contribution in [0.1, 0.15) is 52.5 Å². The van der Waals surface area contributed by atoms with E-state index < -0.39 is 0 Å². The molecule has 0 aliphatic rings. The van der Waals surface area contributed by atoms with Crippen molar-refractivity contribution in [3.63, 3.8) is 0 Å². The van der Waals surface area contributed by atoms with Crippen molar-refractivity contribution in [2.24, 2.45) is 5.92 Å². The highest BCUT2D eigenvalue weighted by Gasteiger charge is 2.21. The third kappa shape index (κ3) is 3.17. The molecule has 2 heterocycles. The number of Topliss-reactive ketones (excluding diaryl/α,β-unsaturated/α-hetero) is 1. The Morgan fingerprint density at radius 3 is 2.60 bits per heavy atom. The number of aromatic amines is 1. The number of amides is 1. The van der Waals surface area contributed by atoms with Gasteiger partial charge in [0.05, 0.1) is 6.04 Å². The maximum atomic E-state index is 12.2. The van der Waals surface area contributed by atoms with Crippen LogP contribution in [-0.4, -0.2) is 16.7 Å². The zero-order valence-electron chi connectivity index (χ0n) is 11.8. The van der Waals surface area contributed by atoms with Gasteiger partial charge in [0.1, 0.15) is 5.69 Å². The quantitative estimate of drug-likeness (QED) is 0.829. The number of hydrogen-bond donors (Lipinski definition) is 2. The Kier molecular flexibility index (Phi) is 4.39. The molecule has 0 aliphatic carbocycles. The fourth-order valence-electron chi connectivity index (χ4n) is 1.98. The monoisotopic (exact) mass is 290 g/mol. The molecule has 0 bridgehead atoms. The molecule has 2 N–H and O–H groups in total. The van der Waals surface area contributed by atoms with Gasteiger partial charge < -0.3 is 10.3 Å². The predicted octanol–water partition coefficient (Wildman–Crippen LogP) is 3.41. The third-order valence-corrected chi connectivity index (χ3v) is 4.09. The number of nitrogens with one attached hydrogen (secondary N) is 2. The Hall–Kier alpha value is -1.88. The van der Waals surface area contributed by atoms with Gasteiger partial charge in [0.25, 0.3) is 5.91 Å². The lowest BCUT2D eigenvalue weighted by molar-refractivity contribution is 0.0922. The molecule has 2 aromatic heterocycles. The van der Waals surface area contributed by atoms with Crippen molar-refractivity contribution in [2.45, 2.75) is 26.8 Å².